The summed E-state index contributed by atoms with van der Waals surface area (Å²) < 4.78 is 0. The van der Waals surface area contributed by atoms with Gasteiger partial charge in [-0.25, -0.2) is 0 Å². The van der Waals surface area contributed by atoms with Crippen LogP contribution in [0.1, 0.15) is 116 Å². The molecule has 0 aromatic heterocycles. The lowest BCUT2D eigenvalue weighted by atomic mass is 9.74. The lowest BCUT2D eigenvalue weighted by molar-refractivity contribution is 0.240. The van der Waals surface area contributed by atoms with Gasteiger partial charge < -0.3 is 0 Å². The van der Waals surface area contributed by atoms with Gasteiger partial charge in [0.05, 0.1) is 0 Å². The van der Waals surface area contributed by atoms with Crippen LogP contribution in [0.4, 0.5) is 0 Å². The maximum Gasteiger partial charge on any atom is -0.00534 e. The normalized spacial score (nSPS) is 21.2. The van der Waals surface area contributed by atoms with Gasteiger partial charge in [0, 0.05) is 0 Å². The van der Waals surface area contributed by atoms with Gasteiger partial charge in [-0.05, 0) is 60.6 Å². The summed E-state index contributed by atoms with van der Waals surface area (Å²) in [6, 6.07) is 11.6. The molecule has 1 aromatic rings. The molecule has 0 amide bonds. The number of hydrogen-bond acceptors (Lipinski definition) is 0. The molecule has 0 heterocycles. The molecule has 3 atom stereocenters. The number of benzene rings is 1. The molecule has 2 aliphatic carbocycles. The van der Waals surface area contributed by atoms with E-state index in [1.165, 1.54) is 122 Å². The van der Waals surface area contributed by atoms with E-state index in [0.717, 1.165) is 20.4 Å². The third kappa shape index (κ3) is 8.21. The second kappa shape index (κ2) is 14.3. The van der Waals surface area contributed by atoms with Crippen LogP contribution < -0.4 is 5.30 Å². The van der Waals surface area contributed by atoms with Crippen molar-refractivity contribution in [1.29, 1.82) is 0 Å². The average molecular weight is 447 g/mol. The van der Waals surface area contributed by atoms with Crippen molar-refractivity contribution >= 4 is 23.1 Å². The average Bonchev–Trinajstić information content (AvgIpc) is 2.81. The highest BCUT2D eigenvalue weighted by Crippen LogP contribution is 2.51. The fraction of sp³-hybridized carbons (Fsp3) is 0.786. The molecule has 0 aliphatic heterocycles. The Morgan fingerprint density at radius 2 is 1.37 bits per heavy atom. The summed E-state index contributed by atoms with van der Waals surface area (Å²) in [6.45, 7) is 0. The van der Waals surface area contributed by atoms with Crippen LogP contribution in [0.25, 0.3) is 0 Å². The van der Waals surface area contributed by atoms with Crippen molar-refractivity contribution in [3.8, 4) is 0 Å². The standard InChI is InChI=1S/C28H48P2/c29-24-14-4-12-22-28(26-18-7-2-8-19-26,30-27-20-9-3-10-21-27)23-13-11-17-25-15-5-1-6-16-25/h3,9-10,20-21,25-26,30H,1-2,4-8,11-19,22-24,29H2. The van der Waals surface area contributed by atoms with E-state index in [9.17, 15) is 0 Å². The first-order chi connectivity index (χ1) is 14.8. The third-order valence-corrected chi connectivity index (χ3v) is 10.5. The molecule has 3 unspecified atom stereocenters. The predicted molar refractivity (Wildman–Crippen MR) is 142 cm³/mol. The molecule has 0 saturated heterocycles. The highest BCUT2D eigenvalue weighted by molar-refractivity contribution is 7.49. The second-order valence-electron chi connectivity index (χ2n) is 10.3. The summed E-state index contributed by atoms with van der Waals surface area (Å²) in [5.74, 6) is 2.04. The molecule has 2 fully saturated rings. The maximum absolute atomic E-state index is 2.93. The summed E-state index contributed by atoms with van der Waals surface area (Å²) in [5, 5.41) is 2.22. The molecular formula is C28H48P2. The van der Waals surface area contributed by atoms with Crippen LogP contribution in [0, 0.1) is 11.8 Å². The second-order valence-corrected chi connectivity index (χ2v) is 12.7. The molecule has 2 aliphatic rings. The van der Waals surface area contributed by atoms with Crippen molar-refractivity contribution in [2.24, 2.45) is 11.8 Å². The molecule has 2 heteroatoms. The topological polar surface area (TPSA) is 0 Å². The summed E-state index contributed by atoms with van der Waals surface area (Å²) in [7, 11) is 3.95. The number of unbranched alkanes of at least 4 members (excludes halogenated alkanes) is 3. The van der Waals surface area contributed by atoms with E-state index < -0.39 is 0 Å². The van der Waals surface area contributed by atoms with Gasteiger partial charge in [0.2, 0.25) is 0 Å². The SMILES string of the molecule is PCCCCCC(CCCCC1CCCCC1)(Pc1ccccc1)C1CCCCC1. The van der Waals surface area contributed by atoms with Crippen molar-refractivity contribution < 1.29 is 0 Å². The molecule has 0 radical (unpaired) electrons. The molecular weight excluding hydrogens is 398 g/mol. The zero-order valence-corrected chi connectivity index (χ0v) is 21.7. The molecule has 170 valence electrons. The fourth-order valence-electron chi connectivity index (χ4n) is 6.34. The summed E-state index contributed by atoms with van der Waals surface area (Å²) in [6.07, 6.45) is 28.0. The molecule has 30 heavy (non-hydrogen) atoms. The number of hydrogen-bond donors (Lipinski definition) is 0. The molecule has 0 spiro atoms. The third-order valence-electron chi connectivity index (χ3n) is 8.09. The largest absolute Gasteiger partial charge is 0.138 e. The first-order valence-electron chi connectivity index (χ1n) is 13.4. The van der Waals surface area contributed by atoms with Gasteiger partial charge in [0.1, 0.15) is 0 Å². The lowest BCUT2D eigenvalue weighted by Gasteiger charge is -2.44. The van der Waals surface area contributed by atoms with E-state index in [2.05, 4.69) is 39.6 Å². The molecule has 0 N–H and O–H groups in total. The van der Waals surface area contributed by atoms with E-state index in [-0.39, 0.29) is 0 Å². The van der Waals surface area contributed by atoms with E-state index in [1.54, 1.807) is 5.30 Å². The van der Waals surface area contributed by atoms with Crippen LogP contribution in [0.2, 0.25) is 0 Å². The van der Waals surface area contributed by atoms with E-state index in [0.29, 0.717) is 5.16 Å². The van der Waals surface area contributed by atoms with Gasteiger partial charge in [-0.1, -0.05) is 122 Å². The first kappa shape index (κ1) is 24.7. The van der Waals surface area contributed by atoms with Crippen molar-refractivity contribution in [3.63, 3.8) is 0 Å². The molecule has 0 nitrogen and oxygen atoms in total. The lowest BCUT2D eigenvalue weighted by Crippen LogP contribution is -2.37. The van der Waals surface area contributed by atoms with Crippen molar-refractivity contribution in [2.75, 3.05) is 6.16 Å². The van der Waals surface area contributed by atoms with Gasteiger partial charge in [-0.15, -0.1) is 9.24 Å². The van der Waals surface area contributed by atoms with Crippen molar-refractivity contribution in [2.45, 2.75) is 121 Å². The predicted octanol–water partition coefficient (Wildman–Crippen LogP) is 8.89. The smallest absolute Gasteiger partial charge is 0.00534 e. The van der Waals surface area contributed by atoms with Gasteiger partial charge in [-0.3, -0.25) is 0 Å². The highest BCUT2D eigenvalue weighted by Gasteiger charge is 2.38. The highest BCUT2D eigenvalue weighted by atomic mass is 31.1. The Bertz CT molecular complexity index is 545. The van der Waals surface area contributed by atoms with Gasteiger partial charge in [0.25, 0.3) is 0 Å². The quantitative estimate of drug-likeness (QED) is 0.210. The summed E-state index contributed by atoms with van der Waals surface area (Å²) in [4.78, 5) is 0. The Morgan fingerprint density at radius 3 is 2.03 bits per heavy atom. The summed E-state index contributed by atoms with van der Waals surface area (Å²) in [5.41, 5.74) is 0. The minimum Gasteiger partial charge on any atom is -0.138 e. The molecule has 0 bridgehead atoms. The van der Waals surface area contributed by atoms with Crippen LogP contribution in [0.15, 0.2) is 30.3 Å². The van der Waals surface area contributed by atoms with Crippen LogP contribution in [0.5, 0.6) is 0 Å². The van der Waals surface area contributed by atoms with Crippen LogP contribution in [0.3, 0.4) is 0 Å². The van der Waals surface area contributed by atoms with Crippen LogP contribution in [-0.4, -0.2) is 11.3 Å². The van der Waals surface area contributed by atoms with Gasteiger partial charge in [-0.2, -0.15) is 0 Å². The van der Waals surface area contributed by atoms with Crippen molar-refractivity contribution in [3.05, 3.63) is 30.3 Å². The Hall–Kier alpha value is 0.0800. The Balaban J connectivity index is 1.65. The van der Waals surface area contributed by atoms with Gasteiger partial charge in [0.15, 0.2) is 0 Å². The molecule has 2 saturated carbocycles. The first-order valence-corrected chi connectivity index (χ1v) is 15.2. The minimum absolute atomic E-state index is 0.592. The molecule has 3 rings (SSSR count). The summed E-state index contributed by atoms with van der Waals surface area (Å²) >= 11 is 0. The zero-order valence-electron chi connectivity index (χ0n) is 19.6. The van der Waals surface area contributed by atoms with Crippen LogP contribution in [-0.2, 0) is 0 Å². The van der Waals surface area contributed by atoms with Gasteiger partial charge >= 0.3 is 0 Å². The van der Waals surface area contributed by atoms with E-state index >= 15 is 0 Å². The minimum atomic E-state index is 0.592. The zero-order chi connectivity index (χ0) is 20.9. The van der Waals surface area contributed by atoms with Crippen molar-refractivity contribution in [1.82, 2.24) is 0 Å². The monoisotopic (exact) mass is 446 g/mol. The Morgan fingerprint density at radius 1 is 0.733 bits per heavy atom. The Labute approximate surface area is 192 Å². The van der Waals surface area contributed by atoms with Crippen LogP contribution >= 0.6 is 17.8 Å². The Kier molecular flexibility index (Phi) is 11.8. The van der Waals surface area contributed by atoms with E-state index in [1.807, 2.05) is 0 Å². The fourth-order valence-corrected chi connectivity index (χ4v) is 8.65. The van der Waals surface area contributed by atoms with E-state index in [4.69, 9.17) is 0 Å². The maximum atomic E-state index is 2.93. The number of rotatable bonds is 13. The molecule has 1 aromatic carbocycles.